The van der Waals surface area contributed by atoms with Crippen molar-refractivity contribution in [2.24, 2.45) is 0 Å². The maximum Gasteiger partial charge on any atom is 0.226 e. The van der Waals surface area contributed by atoms with Gasteiger partial charge in [-0.3, -0.25) is 0 Å². The largest absolute Gasteiger partial charge is 0.480 e. The van der Waals surface area contributed by atoms with Gasteiger partial charge in [0.2, 0.25) is 11.8 Å². The van der Waals surface area contributed by atoms with E-state index in [9.17, 15) is 4.39 Å². The number of nitrogen functional groups attached to an aromatic ring is 1. The zero-order chi connectivity index (χ0) is 16.7. The number of fused-ring (bicyclic) bond motifs is 2. The first-order valence-corrected chi connectivity index (χ1v) is 7.71. The molecular formula is C17H16FN5O. The zero-order valence-electron chi connectivity index (χ0n) is 13.2. The van der Waals surface area contributed by atoms with Crippen molar-refractivity contribution in [2.45, 2.75) is 19.3 Å². The molecule has 2 N–H and O–H groups in total. The Labute approximate surface area is 137 Å². The van der Waals surface area contributed by atoms with E-state index in [0.29, 0.717) is 11.5 Å². The van der Waals surface area contributed by atoms with Crippen molar-refractivity contribution in [1.82, 2.24) is 19.4 Å². The minimum Gasteiger partial charge on any atom is -0.480 e. The molecule has 0 aromatic carbocycles. The van der Waals surface area contributed by atoms with Gasteiger partial charge in [0.1, 0.15) is 0 Å². The van der Waals surface area contributed by atoms with Crippen LogP contribution in [0.25, 0.3) is 11.2 Å². The van der Waals surface area contributed by atoms with E-state index in [-0.39, 0.29) is 11.8 Å². The molecule has 0 radical (unpaired) electrons. The van der Waals surface area contributed by atoms with E-state index in [1.54, 1.807) is 23.9 Å². The van der Waals surface area contributed by atoms with Crippen LogP contribution in [0.1, 0.15) is 29.7 Å². The van der Waals surface area contributed by atoms with Crippen molar-refractivity contribution in [2.75, 3.05) is 12.8 Å². The molecule has 6 nitrogen and oxygen atoms in total. The van der Waals surface area contributed by atoms with Crippen molar-refractivity contribution in [1.29, 1.82) is 0 Å². The number of ether oxygens (including phenoxy) is 1. The number of hydrogen-bond acceptors (Lipinski definition) is 5. The van der Waals surface area contributed by atoms with Crippen molar-refractivity contribution in [3.05, 3.63) is 53.4 Å². The number of allylic oxidation sites excluding steroid dienone is 1. The Bertz CT molecular complexity index is 963. The van der Waals surface area contributed by atoms with Crippen LogP contribution in [0.5, 0.6) is 5.88 Å². The van der Waals surface area contributed by atoms with Gasteiger partial charge >= 0.3 is 0 Å². The predicted octanol–water partition coefficient (Wildman–Crippen LogP) is 2.62. The van der Waals surface area contributed by atoms with E-state index in [4.69, 9.17) is 10.5 Å². The van der Waals surface area contributed by atoms with E-state index in [1.807, 2.05) is 6.20 Å². The summed E-state index contributed by atoms with van der Waals surface area (Å²) in [5.41, 5.74) is 9.28. The summed E-state index contributed by atoms with van der Waals surface area (Å²) in [6.45, 7) is 0. The summed E-state index contributed by atoms with van der Waals surface area (Å²) in [4.78, 5) is 12.6. The molecule has 3 aromatic heterocycles. The highest BCUT2D eigenvalue weighted by Gasteiger charge is 2.22. The molecule has 0 bridgehead atoms. The fourth-order valence-electron chi connectivity index (χ4n) is 3.12. The zero-order valence-corrected chi connectivity index (χ0v) is 13.2. The second-order valence-corrected chi connectivity index (χ2v) is 5.66. The van der Waals surface area contributed by atoms with Gasteiger partial charge < -0.3 is 14.9 Å². The van der Waals surface area contributed by atoms with Gasteiger partial charge in [-0.05, 0) is 30.9 Å². The third-order valence-corrected chi connectivity index (χ3v) is 4.15. The minimum atomic E-state index is -0.375. The molecular weight excluding hydrogens is 309 g/mol. The molecule has 1 aliphatic carbocycles. The lowest BCUT2D eigenvalue weighted by Gasteiger charge is -2.15. The number of nitrogens with zero attached hydrogens (tertiary/aromatic N) is 4. The van der Waals surface area contributed by atoms with Gasteiger partial charge in [0.15, 0.2) is 11.5 Å². The summed E-state index contributed by atoms with van der Waals surface area (Å²) in [5.74, 6) is 0.222. The van der Waals surface area contributed by atoms with Gasteiger partial charge in [-0.15, -0.1) is 0 Å². The van der Waals surface area contributed by atoms with Crippen LogP contribution >= 0.6 is 0 Å². The Kier molecular flexibility index (Phi) is 3.41. The van der Waals surface area contributed by atoms with Crippen molar-refractivity contribution in [3.8, 4) is 5.88 Å². The highest BCUT2D eigenvalue weighted by Crippen LogP contribution is 2.36. The van der Waals surface area contributed by atoms with Crippen molar-refractivity contribution < 1.29 is 9.13 Å². The average Bonchev–Trinajstić information content (AvgIpc) is 2.94. The average molecular weight is 325 g/mol. The third kappa shape index (κ3) is 2.29. The number of rotatable bonds is 2. The van der Waals surface area contributed by atoms with E-state index in [2.05, 4.69) is 21.0 Å². The van der Waals surface area contributed by atoms with Gasteiger partial charge in [0, 0.05) is 24.2 Å². The number of imidazole rings is 1. The second-order valence-electron chi connectivity index (χ2n) is 5.66. The molecule has 3 heterocycles. The van der Waals surface area contributed by atoms with Gasteiger partial charge in [-0.1, -0.05) is 6.08 Å². The lowest BCUT2D eigenvalue weighted by atomic mass is 9.98. The molecule has 122 valence electrons. The molecule has 0 unspecified atom stereocenters. The number of pyridine rings is 1. The third-order valence-electron chi connectivity index (χ3n) is 4.15. The smallest absolute Gasteiger partial charge is 0.226 e. The molecule has 7 heteroatoms. The Hall–Kier alpha value is -2.96. The van der Waals surface area contributed by atoms with E-state index >= 15 is 0 Å². The maximum atomic E-state index is 14.4. The van der Waals surface area contributed by atoms with Crippen molar-refractivity contribution in [3.63, 3.8) is 0 Å². The maximum absolute atomic E-state index is 14.4. The minimum absolute atomic E-state index is 0.183. The van der Waals surface area contributed by atoms with E-state index in [0.717, 1.165) is 41.7 Å². The van der Waals surface area contributed by atoms with Gasteiger partial charge in [0.05, 0.1) is 18.4 Å². The summed E-state index contributed by atoms with van der Waals surface area (Å²) in [6.07, 6.45) is 9.78. The van der Waals surface area contributed by atoms with E-state index < -0.39 is 0 Å². The summed E-state index contributed by atoms with van der Waals surface area (Å²) in [7, 11) is 1.55. The number of anilines is 1. The van der Waals surface area contributed by atoms with E-state index in [1.165, 1.54) is 6.07 Å². The molecule has 0 saturated heterocycles. The SMILES string of the molecule is COc1nc(N)nc2c1C(c1cc(F)c3nccn3c1)=CCCC2. The molecule has 0 amide bonds. The van der Waals surface area contributed by atoms with Crippen LogP contribution in [0.3, 0.4) is 0 Å². The molecule has 4 rings (SSSR count). The molecule has 0 spiro atoms. The summed E-state index contributed by atoms with van der Waals surface area (Å²) < 4.78 is 21.5. The van der Waals surface area contributed by atoms with Crippen LogP contribution in [-0.2, 0) is 6.42 Å². The number of nitrogens with two attached hydrogens (primary N) is 1. The lowest BCUT2D eigenvalue weighted by Crippen LogP contribution is -2.07. The van der Waals surface area contributed by atoms with Crippen molar-refractivity contribution >= 4 is 17.2 Å². The standard InChI is InChI=1S/C17H16FN5O/c1-24-16-14-11(4-2-3-5-13(14)21-17(19)22-16)10-8-12(18)15-20-6-7-23(15)9-10/h4,6-9H,2-3,5H2,1H3,(H2,19,21,22). The molecule has 0 saturated carbocycles. The molecule has 1 aliphatic rings. The highest BCUT2D eigenvalue weighted by atomic mass is 19.1. The first-order chi connectivity index (χ1) is 11.7. The first kappa shape index (κ1) is 14.6. The predicted molar refractivity (Wildman–Crippen MR) is 88.2 cm³/mol. The number of hydrogen-bond donors (Lipinski definition) is 1. The van der Waals surface area contributed by atoms with Crippen LogP contribution in [0, 0.1) is 5.82 Å². The summed E-state index contributed by atoms with van der Waals surface area (Å²) in [6, 6.07) is 1.49. The van der Waals surface area contributed by atoms with Crippen LogP contribution in [0.2, 0.25) is 0 Å². The molecule has 24 heavy (non-hydrogen) atoms. The fourth-order valence-corrected chi connectivity index (χ4v) is 3.12. The van der Waals surface area contributed by atoms with Gasteiger partial charge in [-0.2, -0.15) is 4.98 Å². The van der Waals surface area contributed by atoms with Crippen LogP contribution in [0.15, 0.2) is 30.7 Å². The van der Waals surface area contributed by atoms with Gasteiger partial charge in [-0.25, -0.2) is 14.4 Å². The lowest BCUT2D eigenvalue weighted by molar-refractivity contribution is 0.395. The van der Waals surface area contributed by atoms with Crippen LogP contribution in [-0.4, -0.2) is 26.5 Å². The number of aromatic nitrogens is 4. The quantitative estimate of drug-likeness (QED) is 0.783. The Morgan fingerprint density at radius 2 is 2.21 bits per heavy atom. The van der Waals surface area contributed by atoms with Crippen LogP contribution in [0.4, 0.5) is 10.3 Å². The Morgan fingerprint density at radius 3 is 3.04 bits per heavy atom. The Morgan fingerprint density at radius 1 is 1.33 bits per heavy atom. The first-order valence-electron chi connectivity index (χ1n) is 7.71. The van der Waals surface area contributed by atoms with Gasteiger partial charge in [0.25, 0.3) is 0 Å². The number of halogens is 1. The monoisotopic (exact) mass is 325 g/mol. The molecule has 0 fully saturated rings. The molecule has 0 aliphatic heterocycles. The normalized spacial score (nSPS) is 14.2. The summed E-state index contributed by atoms with van der Waals surface area (Å²) in [5, 5.41) is 0. The molecule has 0 atom stereocenters. The topological polar surface area (TPSA) is 78.3 Å². The second kappa shape index (κ2) is 5.59. The fraction of sp³-hybridized carbons (Fsp3) is 0.235. The summed E-state index contributed by atoms with van der Waals surface area (Å²) >= 11 is 0. The number of methoxy groups -OCH3 is 1. The Balaban J connectivity index is 1.97. The van der Waals surface area contributed by atoms with Crippen LogP contribution < -0.4 is 10.5 Å². The highest BCUT2D eigenvalue weighted by molar-refractivity contribution is 5.84. The number of aryl methyl sites for hydroxylation is 1. The molecule has 3 aromatic rings.